The lowest BCUT2D eigenvalue weighted by atomic mass is 10.2. The van der Waals surface area contributed by atoms with Crippen LogP contribution in [0.25, 0.3) is 0 Å². The molecule has 8 heteroatoms. The van der Waals surface area contributed by atoms with Crippen molar-refractivity contribution in [1.82, 2.24) is 0 Å². The second-order valence-corrected chi connectivity index (χ2v) is 8.23. The molecule has 4 aromatic carbocycles. The Labute approximate surface area is 219 Å². The standard InChI is InChI=1S/C29H24ClN3O4/c1-36-26-7-3-5-20(28(26)34)17-31-23-13-14-24(33-18-21-6-4-8-27(37-2)29(21)35)25(15-23)32-16-19-9-11-22(30)12-10-19/h3-18,34-35H,1-2H3. The zero-order valence-corrected chi connectivity index (χ0v) is 20.9. The van der Waals surface area contributed by atoms with E-state index in [0.717, 1.165) is 5.56 Å². The number of ether oxygens (including phenoxy) is 2. The summed E-state index contributed by atoms with van der Waals surface area (Å²) in [7, 11) is 2.98. The predicted molar refractivity (Wildman–Crippen MR) is 149 cm³/mol. The zero-order chi connectivity index (χ0) is 26.2. The van der Waals surface area contributed by atoms with Gasteiger partial charge in [0.2, 0.25) is 0 Å². The van der Waals surface area contributed by atoms with Gasteiger partial charge in [-0.3, -0.25) is 15.0 Å². The Balaban J connectivity index is 1.70. The van der Waals surface area contributed by atoms with Gasteiger partial charge in [0, 0.05) is 34.8 Å². The van der Waals surface area contributed by atoms with Crippen molar-refractivity contribution in [2.75, 3.05) is 14.2 Å². The Kier molecular flexibility index (Phi) is 8.18. The van der Waals surface area contributed by atoms with Crippen LogP contribution >= 0.6 is 11.6 Å². The summed E-state index contributed by atoms with van der Waals surface area (Å²) in [5, 5.41) is 21.4. The Morgan fingerprint density at radius 2 is 1.22 bits per heavy atom. The Bertz CT molecular complexity index is 1480. The number of para-hydroxylation sites is 2. The highest BCUT2D eigenvalue weighted by Crippen LogP contribution is 2.34. The van der Waals surface area contributed by atoms with E-state index in [-0.39, 0.29) is 11.5 Å². The van der Waals surface area contributed by atoms with Gasteiger partial charge in [0.05, 0.1) is 31.3 Å². The number of hydrogen-bond acceptors (Lipinski definition) is 7. The van der Waals surface area contributed by atoms with Gasteiger partial charge in [-0.05, 0) is 60.2 Å². The molecule has 0 bridgehead atoms. The van der Waals surface area contributed by atoms with Crippen LogP contribution in [-0.2, 0) is 0 Å². The van der Waals surface area contributed by atoms with Crippen molar-refractivity contribution >= 4 is 47.3 Å². The summed E-state index contributed by atoms with van der Waals surface area (Å²) in [5.41, 5.74) is 3.60. The molecule has 0 amide bonds. The van der Waals surface area contributed by atoms with Crippen molar-refractivity contribution in [1.29, 1.82) is 0 Å². The van der Waals surface area contributed by atoms with Crippen LogP contribution in [-0.4, -0.2) is 43.1 Å². The average molecular weight is 514 g/mol. The Hall–Kier alpha value is -4.62. The molecule has 186 valence electrons. The minimum Gasteiger partial charge on any atom is -0.504 e. The highest BCUT2D eigenvalue weighted by molar-refractivity contribution is 6.30. The lowest BCUT2D eigenvalue weighted by Crippen LogP contribution is -1.88. The lowest BCUT2D eigenvalue weighted by molar-refractivity contribution is 0.373. The van der Waals surface area contributed by atoms with Crippen LogP contribution in [0.3, 0.4) is 0 Å². The number of benzene rings is 4. The zero-order valence-electron chi connectivity index (χ0n) is 20.2. The van der Waals surface area contributed by atoms with E-state index in [2.05, 4.69) is 15.0 Å². The van der Waals surface area contributed by atoms with Crippen LogP contribution < -0.4 is 9.47 Å². The molecule has 37 heavy (non-hydrogen) atoms. The molecule has 7 nitrogen and oxygen atoms in total. The maximum absolute atomic E-state index is 10.4. The molecule has 0 atom stereocenters. The summed E-state index contributed by atoms with van der Waals surface area (Å²) < 4.78 is 10.3. The number of rotatable bonds is 8. The number of halogens is 1. The van der Waals surface area contributed by atoms with E-state index in [4.69, 9.17) is 21.1 Å². The number of phenols is 2. The minimum atomic E-state index is -0.000664. The number of aliphatic imine (C=N–C) groups is 3. The van der Waals surface area contributed by atoms with Crippen molar-refractivity contribution in [2.24, 2.45) is 15.0 Å². The molecule has 0 unspecified atom stereocenters. The number of hydrogen-bond donors (Lipinski definition) is 2. The molecular formula is C29H24ClN3O4. The van der Waals surface area contributed by atoms with Crippen LogP contribution in [0.1, 0.15) is 16.7 Å². The second-order valence-electron chi connectivity index (χ2n) is 7.80. The number of phenolic OH excluding ortho intramolecular Hbond substituents is 2. The lowest BCUT2D eigenvalue weighted by Gasteiger charge is -2.06. The van der Waals surface area contributed by atoms with Crippen molar-refractivity contribution in [3.8, 4) is 23.0 Å². The van der Waals surface area contributed by atoms with Crippen LogP contribution in [0.4, 0.5) is 17.1 Å². The van der Waals surface area contributed by atoms with Gasteiger partial charge in [-0.1, -0.05) is 35.9 Å². The first-order valence-corrected chi connectivity index (χ1v) is 11.6. The molecule has 0 radical (unpaired) electrons. The van der Waals surface area contributed by atoms with Gasteiger partial charge in [-0.2, -0.15) is 0 Å². The molecule has 2 N–H and O–H groups in total. The summed E-state index contributed by atoms with van der Waals surface area (Å²) in [4.78, 5) is 13.7. The molecule has 0 heterocycles. The van der Waals surface area contributed by atoms with Crippen molar-refractivity contribution in [2.45, 2.75) is 0 Å². The van der Waals surface area contributed by atoms with Crippen LogP contribution in [0, 0.1) is 0 Å². The smallest absolute Gasteiger partial charge is 0.166 e. The van der Waals surface area contributed by atoms with Crippen molar-refractivity contribution in [3.05, 3.63) is 101 Å². The van der Waals surface area contributed by atoms with Gasteiger partial charge in [-0.15, -0.1) is 0 Å². The topological polar surface area (TPSA) is 96.0 Å². The third-order valence-electron chi connectivity index (χ3n) is 5.38. The molecule has 4 rings (SSSR count). The van der Waals surface area contributed by atoms with E-state index >= 15 is 0 Å². The fourth-order valence-corrected chi connectivity index (χ4v) is 3.52. The molecule has 0 saturated heterocycles. The first-order chi connectivity index (χ1) is 18.0. The molecule has 0 aliphatic rings. The normalized spacial score (nSPS) is 11.5. The van der Waals surface area contributed by atoms with E-state index < -0.39 is 0 Å². The highest BCUT2D eigenvalue weighted by atomic mass is 35.5. The molecule has 0 aliphatic heterocycles. The SMILES string of the molecule is COc1cccc(C=Nc2ccc(N=Cc3cccc(OC)c3O)c(N=Cc3ccc(Cl)cc3)c2)c1O. The Morgan fingerprint density at radius 1 is 0.649 bits per heavy atom. The highest BCUT2D eigenvalue weighted by Gasteiger charge is 2.08. The van der Waals surface area contributed by atoms with Gasteiger partial charge in [-0.25, -0.2) is 0 Å². The van der Waals surface area contributed by atoms with Crippen LogP contribution in [0.2, 0.25) is 5.02 Å². The summed E-state index contributed by atoms with van der Waals surface area (Å²) >= 11 is 5.99. The fraction of sp³-hybridized carbons (Fsp3) is 0.0690. The molecule has 0 spiro atoms. The predicted octanol–water partition coefficient (Wildman–Crippen LogP) is 7.02. The van der Waals surface area contributed by atoms with Gasteiger partial charge >= 0.3 is 0 Å². The fourth-order valence-electron chi connectivity index (χ4n) is 3.40. The third kappa shape index (κ3) is 6.34. The third-order valence-corrected chi connectivity index (χ3v) is 5.63. The summed E-state index contributed by atoms with van der Waals surface area (Å²) in [6, 6.07) is 23.0. The summed E-state index contributed by atoms with van der Waals surface area (Å²) in [6.07, 6.45) is 4.80. The second kappa shape index (κ2) is 11.9. The Morgan fingerprint density at radius 3 is 1.81 bits per heavy atom. The number of methoxy groups -OCH3 is 2. The average Bonchev–Trinajstić information content (AvgIpc) is 2.92. The molecular weight excluding hydrogens is 490 g/mol. The maximum Gasteiger partial charge on any atom is 0.166 e. The van der Waals surface area contributed by atoms with Gasteiger partial charge in [0.1, 0.15) is 0 Å². The van der Waals surface area contributed by atoms with Gasteiger partial charge < -0.3 is 19.7 Å². The van der Waals surface area contributed by atoms with Crippen LogP contribution in [0.15, 0.2) is 93.8 Å². The summed E-state index contributed by atoms with van der Waals surface area (Å²) in [5.74, 6) is 0.728. The van der Waals surface area contributed by atoms with Crippen LogP contribution in [0.5, 0.6) is 23.0 Å². The maximum atomic E-state index is 10.4. The molecule has 0 aromatic heterocycles. The van der Waals surface area contributed by atoms with E-state index in [0.29, 0.717) is 44.7 Å². The van der Waals surface area contributed by atoms with Crippen molar-refractivity contribution < 1.29 is 19.7 Å². The number of aromatic hydroxyl groups is 2. The minimum absolute atomic E-state index is 0.000664. The molecule has 0 fully saturated rings. The quantitative estimate of drug-likeness (QED) is 0.247. The largest absolute Gasteiger partial charge is 0.504 e. The van der Waals surface area contributed by atoms with Gasteiger partial charge in [0.25, 0.3) is 0 Å². The van der Waals surface area contributed by atoms with E-state index in [1.807, 2.05) is 12.1 Å². The first-order valence-electron chi connectivity index (χ1n) is 11.2. The van der Waals surface area contributed by atoms with E-state index in [1.165, 1.54) is 14.2 Å². The monoisotopic (exact) mass is 513 g/mol. The molecule has 4 aromatic rings. The van der Waals surface area contributed by atoms with E-state index in [1.54, 1.807) is 85.4 Å². The molecule has 0 aliphatic carbocycles. The van der Waals surface area contributed by atoms with Crippen molar-refractivity contribution in [3.63, 3.8) is 0 Å². The molecule has 0 saturated carbocycles. The summed E-state index contributed by atoms with van der Waals surface area (Å²) in [6.45, 7) is 0. The van der Waals surface area contributed by atoms with Gasteiger partial charge in [0.15, 0.2) is 23.0 Å². The number of nitrogens with zero attached hydrogens (tertiary/aromatic N) is 3. The first kappa shape index (κ1) is 25.5. The van der Waals surface area contributed by atoms with E-state index in [9.17, 15) is 10.2 Å².